The van der Waals surface area contributed by atoms with Gasteiger partial charge < -0.3 is 20.0 Å². The fourth-order valence-electron chi connectivity index (χ4n) is 5.08. The minimum absolute atomic E-state index is 0.0209. The molecular weight excluding hydrogens is 661 g/mol. The van der Waals surface area contributed by atoms with E-state index in [1.54, 1.807) is 0 Å². The number of amides is 2. The highest BCUT2D eigenvalue weighted by molar-refractivity contribution is 7.17. The van der Waals surface area contributed by atoms with Crippen molar-refractivity contribution in [2.24, 2.45) is 0 Å². The van der Waals surface area contributed by atoms with Crippen LogP contribution in [0.2, 0.25) is 10.0 Å². The molecule has 3 heterocycles. The molecule has 2 aliphatic heterocycles. The molecule has 2 saturated heterocycles. The van der Waals surface area contributed by atoms with Crippen LogP contribution in [-0.4, -0.2) is 93.0 Å². The van der Waals surface area contributed by atoms with Gasteiger partial charge in [-0.2, -0.15) is 26.3 Å². The predicted octanol–water partition coefficient (Wildman–Crippen LogP) is 5.94. The van der Waals surface area contributed by atoms with Crippen molar-refractivity contribution in [2.45, 2.75) is 68.6 Å². The highest BCUT2D eigenvalue weighted by Gasteiger charge is 2.69. The van der Waals surface area contributed by atoms with E-state index in [0.717, 1.165) is 15.9 Å². The van der Waals surface area contributed by atoms with Gasteiger partial charge in [0.25, 0.3) is 17.7 Å². The molecule has 0 spiro atoms. The summed E-state index contributed by atoms with van der Waals surface area (Å²) < 4.78 is 111. The zero-order valence-electron chi connectivity index (χ0n) is 22.2. The first kappa shape index (κ1) is 33.6. The van der Waals surface area contributed by atoms with E-state index in [4.69, 9.17) is 23.2 Å². The average molecular weight is 684 g/mol. The van der Waals surface area contributed by atoms with Gasteiger partial charge in [-0.15, -0.1) is 11.3 Å². The van der Waals surface area contributed by atoms with E-state index in [9.17, 15) is 54.9 Å². The number of benzene rings is 1. The van der Waals surface area contributed by atoms with Crippen molar-refractivity contribution < 1.29 is 54.9 Å². The molecule has 0 radical (unpaired) electrons. The van der Waals surface area contributed by atoms with Crippen molar-refractivity contribution in [1.29, 1.82) is 0 Å². The molecule has 2 amide bonds. The molecule has 0 aliphatic carbocycles. The molecule has 4 rings (SSSR count). The molecule has 2 fully saturated rings. The largest absolute Gasteiger partial charge is 0.406 e. The molecule has 18 heteroatoms. The summed E-state index contributed by atoms with van der Waals surface area (Å²) in [4.78, 5) is 32.3. The van der Waals surface area contributed by atoms with E-state index in [0.29, 0.717) is 17.4 Å². The van der Waals surface area contributed by atoms with Crippen molar-refractivity contribution in [3.8, 4) is 10.4 Å². The van der Waals surface area contributed by atoms with Gasteiger partial charge in [-0.05, 0) is 19.4 Å². The Labute approximate surface area is 253 Å². The fourth-order valence-corrected chi connectivity index (χ4v) is 6.81. The molecule has 1 aromatic carbocycles. The summed E-state index contributed by atoms with van der Waals surface area (Å²) in [5.41, 5.74) is -6.87. The van der Waals surface area contributed by atoms with Crippen molar-refractivity contribution >= 4 is 46.4 Å². The standard InChI is InChI=1S/C25H23Cl2F8N3O4S/c1-10-6-23(28,29)9-38(10)20(41)17-18(43-19(36-17)21(42)37-7-11(39)5-12(40)8-37)13-3-4-14(16(27)15(13)26)22(2,24(30,31)32)25(33,34)35/h3-4,10-12,39-40H,5-9H2,1-2H3/t10-,11-,12+/m0/s1. The number of carbonyl (C=O) groups excluding carboxylic acids is 2. The number of aliphatic hydroxyl groups is 2. The fraction of sp³-hybridized carbons (Fsp3) is 0.560. The predicted molar refractivity (Wildman–Crippen MR) is 140 cm³/mol. The summed E-state index contributed by atoms with van der Waals surface area (Å²) >= 11 is 12.7. The second-order valence-electron chi connectivity index (χ2n) is 10.7. The van der Waals surface area contributed by atoms with Crippen LogP contribution in [0.3, 0.4) is 0 Å². The van der Waals surface area contributed by atoms with Crippen LogP contribution in [0.4, 0.5) is 35.1 Å². The molecule has 43 heavy (non-hydrogen) atoms. The van der Waals surface area contributed by atoms with E-state index in [1.165, 1.54) is 6.92 Å². The maximum absolute atomic E-state index is 14.1. The van der Waals surface area contributed by atoms with Crippen LogP contribution in [0.15, 0.2) is 12.1 Å². The highest BCUT2D eigenvalue weighted by atomic mass is 35.5. The Bertz CT molecular complexity index is 1410. The maximum atomic E-state index is 14.1. The number of aromatic nitrogens is 1. The number of halogens is 10. The van der Waals surface area contributed by atoms with Crippen LogP contribution in [0.5, 0.6) is 0 Å². The van der Waals surface area contributed by atoms with Crippen LogP contribution in [0.1, 0.15) is 52.5 Å². The number of hydrogen-bond acceptors (Lipinski definition) is 6. The molecule has 1 aromatic heterocycles. The van der Waals surface area contributed by atoms with Gasteiger partial charge in [-0.25, -0.2) is 13.8 Å². The molecule has 2 N–H and O–H groups in total. The van der Waals surface area contributed by atoms with Crippen LogP contribution in [-0.2, 0) is 5.41 Å². The van der Waals surface area contributed by atoms with Crippen LogP contribution < -0.4 is 0 Å². The molecule has 0 bridgehead atoms. The first-order chi connectivity index (χ1) is 19.6. The minimum Gasteiger partial charge on any atom is -0.391 e. The summed E-state index contributed by atoms with van der Waals surface area (Å²) in [6.07, 6.45) is -14.6. The third-order valence-corrected chi connectivity index (χ3v) is 9.45. The Hall–Kier alpha value is -2.27. The lowest BCUT2D eigenvalue weighted by Crippen LogP contribution is -2.51. The first-order valence-electron chi connectivity index (χ1n) is 12.6. The summed E-state index contributed by atoms with van der Waals surface area (Å²) in [6.45, 7) is -0.239. The van der Waals surface area contributed by atoms with E-state index in [-0.39, 0.29) is 36.9 Å². The topological polar surface area (TPSA) is 94.0 Å². The second-order valence-corrected chi connectivity index (χ2v) is 12.5. The van der Waals surface area contributed by atoms with Crippen molar-refractivity contribution in [3.63, 3.8) is 0 Å². The van der Waals surface area contributed by atoms with Crippen LogP contribution in [0.25, 0.3) is 10.4 Å². The van der Waals surface area contributed by atoms with E-state index in [1.807, 2.05) is 0 Å². The van der Waals surface area contributed by atoms with Gasteiger partial charge in [-0.3, -0.25) is 9.59 Å². The summed E-state index contributed by atoms with van der Waals surface area (Å²) in [5, 5.41) is 17.5. The molecule has 3 atom stereocenters. The van der Waals surface area contributed by atoms with Crippen LogP contribution >= 0.6 is 34.5 Å². The van der Waals surface area contributed by atoms with Gasteiger partial charge in [0.05, 0.1) is 33.7 Å². The molecule has 2 aromatic rings. The van der Waals surface area contributed by atoms with Crippen molar-refractivity contribution in [2.75, 3.05) is 19.6 Å². The number of rotatable bonds is 4. The molecule has 0 saturated carbocycles. The minimum atomic E-state index is -5.86. The lowest BCUT2D eigenvalue weighted by atomic mass is 9.80. The quantitative estimate of drug-likeness (QED) is 0.390. The van der Waals surface area contributed by atoms with E-state index < -0.39 is 93.0 Å². The molecular formula is C25H23Cl2F8N3O4S. The van der Waals surface area contributed by atoms with E-state index in [2.05, 4.69) is 4.98 Å². The van der Waals surface area contributed by atoms with Gasteiger partial charge in [0.2, 0.25) is 0 Å². The lowest BCUT2D eigenvalue weighted by Gasteiger charge is -2.35. The number of likely N-dealkylation sites (tertiary alicyclic amines) is 2. The Morgan fingerprint density at radius 3 is 2.05 bits per heavy atom. The molecule has 7 nitrogen and oxygen atoms in total. The molecule has 238 valence electrons. The highest BCUT2D eigenvalue weighted by Crippen LogP contribution is 2.55. The third kappa shape index (κ3) is 6.04. The summed E-state index contributed by atoms with van der Waals surface area (Å²) in [6, 6.07) is 0.183. The second kappa shape index (κ2) is 11.3. The Morgan fingerprint density at radius 1 is 1.00 bits per heavy atom. The summed E-state index contributed by atoms with van der Waals surface area (Å²) in [5.74, 6) is -5.24. The lowest BCUT2D eigenvalue weighted by molar-refractivity contribution is -0.297. The SMILES string of the molecule is C[C@H]1CC(F)(F)CN1C(=O)c1nc(C(=O)N2C[C@H](O)C[C@H](O)C2)sc1-c1ccc(C(C)(C(F)(F)F)C(F)(F)F)c(Cl)c1Cl. The average Bonchev–Trinajstić information content (AvgIpc) is 3.42. The third-order valence-electron chi connectivity index (χ3n) is 7.49. The number of thiazole rings is 1. The Balaban J connectivity index is 1.87. The number of alkyl halides is 8. The zero-order chi connectivity index (χ0) is 32.4. The van der Waals surface area contributed by atoms with Gasteiger partial charge in [-0.1, -0.05) is 35.3 Å². The maximum Gasteiger partial charge on any atom is 0.406 e. The normalized spacial score (nSPS) is 23.2. The van der Waals surface area contributed by atoms with Gasteiger partial charge >= 0.3 is 12.4 Å². The van der Waals surface area contributed by atoms with Gasteiger partial charge in [0.15, 0.2) is 10.4 Å². The number of hydrogen-bond donors (Lipinski definition) is 2. The number of nitrogens with zero attached hydrogens (tertiary/aromatic N) is 3. The molecule has 0 unspecified atom stereocenters. The number of aliphatic hydroxyl groups excluding tert-OH is 2. The first-order valence-corrected chi connectivity index (χ1v) is 14.1. The van der Waals surface area contributed by atoms with Gasteiger partial charge in [0, 0.05) is 37.5 Å². The van der Waals surface area contributed by atoms with Crippen LogP contribution in [0, 0.1) is 0 Å². The molecule has 2 aliphatic rings. The number of piperidine rings is 1. The van der Waals surface area contributed by atoms with E-state index >= 15 is 0 Å². The Morgan fingerprint density at radius 2 is 1.56 bits per heavy atom. The monoisotopic (exact) mass is 683 g/mol. The smallest absolute Gasteiger partial charge is 0.391 e. The summed E-state index contributed by atoms with van der Waals surface area (Å²) in [7, 11) is 0. The number of β-amino-alcohol motifs (C(OH)–C–C–N with tert-alkyl or cyclic N) is 2. The van der Waals surface area contributed by atoms with Gasteiger partial charge in [0.1, 0.15) is 5.69 Å². The van der Waals surface area contributed by atoms with Crippen molar-refractivity contribution in [1.82, 2.24) is 14.8 Å². The van der Waals surface area contributed by atoms with Crippen molar-refractivity contribution in [3.05, 3.63) is 38.4 Å². The zero-order valence-corrected chi connectivity index (χ0v) is 24.5. The Kier molecular flexibility index (Phi) is 8.81. The number of carbonyl (C=O) groups is 2.